The number of hydrogen-bond donors (Lipinski definition) is 2. The standard InChI is InChI=1S/C15H18N2O2/c1-3-10(4-2)13-16-14(18)12(15(19)17-13)11-8-6-5-7-9-11/h5-10H,3-4H2,1-2H3,(H2,16,17,18,19). The van der Waals surface area contributed by atoms with E-state index in [-0.39, 0.29) is 22.9 Å². The number of aromatic hydroxyl groups is 1. The van der Waals surface area contributed by atoms with E-state index in [4.69, 9.17) is 0 Å². The lowest BCUT2D eigenvalue weighted by atomic mass is 10.0. The molecule has 0 unspecified atom stereocenters. The Bertz CT molecular complexity index is 601. The first-order valence-electron chi connectivity index (χ1n) is 6.56. The maximum Gasteiger partial charge on any atom is 0.262 e. The Labute approximate surface area is 112 Å². The summed E-state index contributed by atoms with van der Waals surface area (Å²) < 4.78 is 0. The van der Waals surface area contributed by atoms with E-state index in [1.165, 1.54) is 0 Å². The van der Waals surface area contributed by atoms with Crippen molar-refractivity contribution in [1.29, 1.82) is 0 Å². The Kier molecular flexibility index (Phi) is 4.00. The molecule has 2 aromatic rings. The highest BCUT2D eigenvalue weighted by atomic mass is 16.3. The van der Waals surface area contributed by atoms with Crippen LogP contribution in [0.5, 0.6) is 5.88 Å². The van der Waals surface area contributed by atoms with Gasteiger partial charge in [-0.3, -0.25) is 4.79 Å². The van der Waals surface area contributed by atoms with Gasteiger partial charge in [0.2, 0.25) is 5.88 Å². The summed E-state index contributed by atoms with van der Waals surface area (Å²) in [7, 11) is 0. The van der Waals surface area contributed by atoms with Gasteiger partial charge < -0.3 is 10.1 Å². The van der Waals surface area contributed by atoms with Gasteiger partial charge in [-0.05, 0) is 18.4 Å². The SMILES string of the molecule is CCC(CC)c1nc(O)c(-c2ccccc2)c(=O)[nH]1. The molecule has 0 aliphatic rings. The molecule has 19 heavy (non-hydrogen) atoms. The van der Waals surface area contributed by atoms with Gasteiger partial charge in [-0.1, -0.05) is 44.2 Å². The van der Waals surface area contributed by atoms with Crippen LogP contribution in [0.1, 0.15) is 38.4 Å². The fourth-order valence-corrected chi connectivity index (χ4v) is 2.21. The Balaban J connectivity index is 2.53. The van der Waals surface area contributed by atoms with Crippen molar-refractivity contribution < 1.29 is 5.11 Å². The van der Waals surface area contributed by atoms with Crippen molar-refractivity contribution in [2.75, 3.05) is 0 Å². The lowest BCUT2D eigenvalue weighted by molar-refractivity contribution is 0.444. The molecule has 0 saturated carbocycles. The van der Waals surface area contributed by atoms with Crippen LogP contribution in [0.2, 0.25) is 0 Å². The van der Waals surface area contributed by atoms with Crippen molar-refractivity contribution in [1.82, 2.24) is 9.97 Å². The summed E-state index contributed by atoms with van der Waals surface area (Å²) in [5, 5.41) is 10.0. The van der Waals surface area contributed by atoms with E-state index < -0.39 is 0 Å². The molecule has 1 heterocycles. The molecule has 2 rings (SSSR count). The molecule has 1 aromatic carbocycles. The summed E-state index contributed by atoms with van der Waals surface area (Å²) in [6.45, 7) is 4.08. The first-order valence-corrected chi connectivity index (χ1v) is 6.56. The molecule has 4 heteroatoms. The lowest BCUT2D eigenvalue weighted by Gasteiger charge is -2.12. The van der Waals surface area contributed by atoms with E-state index in [0.717, 1.165) is 12.8 Å². The second kappa shape index (κ2) is 5.69. The van der Waals surface area contributed by atoms with E-state index in [0.29, 0.717) is 11.4 Å². The predicted molar refractivity (Wildman–Crippen MR) is 75.3 cm³/mol. The highest BCUT2D eigenvalue weighted by Crippen LogP contribution is 2.26. The Morgan fingerprint density at radius 2 is 1.84 bits per heavy atom. The maximum atomic E-state index is 12.1. The van der Waals surface area contributed by atoms with Crippen LogP contribution in [0.3, 0.4) is 0 Å². The second-order valence-electron chi connectivity index (χ2n) is 4.53. The van der Waals surface area contributed by atoms with Crippen LogP contribution in [0, 0.1) is 0 Å². The number of aromatic amines is 1. The van der Waals surface area contributed by atoms with Crippen LogP contribution in [0.4, 0.5) is 0 Å². The summed E-state index contributed by atoms with van der Waals surface area (Å²) in [5.74, 6) is 0.535. The van der Waals surface area contributed by atoms with Crippen LogP contribution in [-0.2, 0) is 0 Å². The maximum absolute atomic E-state index is 12.1. The molecule has 0 fully saturated rings. The van der Waals surface area contributed by atoms with Crippen molar-refractivity contribution in [3.63, 3.8) is 0 Å². The van der Waals surface area contributed by atoms with Crippen molar-refractivity contribution in [2.24, 2.45) is 0 Å². The van der Waals surface area contributed by atoms with Crippen molar-refractivity contribution in [3.8, 4) is 17.0 Å². The van der Waals surface area contributed by atoms with Gasteiger partial charge in [0, 0.05) is 5.92 Å². The van der Waals surface area contributed by atoms with Crippen molar-refractivity contribution >= 4 is 0 Å². The van der Waals surface area contributed by atoms with Gasteiger partial charge in [0.15, 0.2) is 0 Å². The van der Waals surface area contributed by atoms with E-state index in [1.807, 2.05) is 32.0 Å². The molecule has 0 aliphatic carbocycles. The highest BCUT2D eigenvalue weighted by molar-refractivity contribution is 5.66. The zero-order valence-electron chi connectivity index (χ0n) is 11.2. The molecule has 0 radical (unpaired) electrons. The molecule has 4 nitrogen and oxygen atoms in total. The third-order valence-electron chi connectivity index (χ3n) is 3.35. The van der Waals surface area contributed by atoms with Crippen LogP contribution < -0.4 is 5.56 Å². The number of nitrogens with zero attached hydrogens (tertiary/aromatic N) is 1. The summed E-state index contributed by atoms with van der Waals surface area (Å²) in [5.41, 5.74) is 0.612. The second-order valence-corrected chi connectivity index (χ2v) is 4.53. The summed E-state index contributed by atoms with van der Waals surface area (Å²) in [6, 6.07) is 9.07. The molecule has 0 aliphatic heterocycles. The number of aromatic nitrogens is 2. The molecular formula is C15H18N2O2. The third-order valence-corrected chi connectivity index (χ3v) is 3.35. The zero-order valence-corrected chi connectivity index (χ0v) is 11.2. The molecule has 0 amide bonds. The van der Waals surface area contributed by atoms with Crippen LogP contribution in [0.15, 0.2) is 35.1 Å². The summed E-state index contributed by atoms with van der Waals surface area (Å²) in [6.07, 6.45) is 1.76. The quantitative estimate of drug-likeness (QED) is 0.885. The summed E-state index contributed by atoms with van der Waals surface area (Å²) in [4.78, 5) is 19.1. The Morgan fingerprint density at radius 1 is 1.21 bits per heavy atom. The molecule has 0 bridgehead atoms. The fraction of sp³-hybridized carbons (Fsp3) is 0.333. The van der Waals surface area contributed by atoms with Gasteiger partial charge >= 0.3 is 0 Å². The average molecular weight is 258 g/mol. The highest BCUT2D eigenvalue weighted by Gasteiger charge is 2.16. The van der Waals surface area contributed by atoms with E-state index in [2.05, 4.69) is 9.97 Å². The molecule has 0 saturated heterocycles. The normalized spacial score (nSPS) is 10.9. The van der Waals surface area contributed by atoms with Gasteiger partial charge in [-0.2, -0.15) is 4.98 Å². The number of rotatable bonds is 4. The van der Waals surface area contributed by atoms with Crippen LogP contribution in [0.25, 0.3) is 11.1 Å². The smallest absolute Gasteiger partial charge is 0.262 e. The minimum atomic E-state index is -0.291. The van der Waals surface area contributed by atoms with Gasteiger partial charge in [-0.15, -0.1) is 0 Å². The van der Waals surface area contributed by atoms with E-state index in [9.17, 15) is 9.90 Å². The first-order chi connectivity index (χ1) is 9.17. The minimum Gasteiger partial charge on any atom is -0.493 e. The minimum absolute atomic E-state index is 0.170. The molecule has 100 valence electrons. The molecule has 1 aromatic heterocycles. The monoisotopic (exact) mass is 258 g/mol. The first kappa shape index (κ1) is 13.3. The topological polar surface area (TPSA) is 66.0 Å². The van der Waals surface area contributed by atoms with Crippen molar-refractivity contribution in [3.05, 3.63) is 46.5 Å². The third kappa shape index (κ3) is 2.67. The van der Waals surface area contributed by atoms with E-state index >= 15 is 0 Å². The fourth-order valence-electron chi connectivity index (χ4n) is 2.21. The number of hydrogen-bond acceptors (Lipinski definition) is 3. The van der Waals surface area contributed by atoms with Gasteiger partial charge in [0.1, 0.15) is 11.4 Å². The zero-order chi connectivity index (χ0) is 13.8. The van der Waals surface area contributed by atoms with Gasteiger partial charge in [0.05, 0.1) is 0 Å². The largest absolute Gasteiger partial charge is 0.493 e. The van der Waals surface area contributed by atoms with Gasteiger partial charge in [0.25, 0.3) is 5.56 Å². The predicted octanol–water partition coefficient (Wildman–Crippen LogP) is 3.05. The number of H-pyrrole nitrogens is 1. The van der Waals surface area contributed by atoms with Crippen LogP contribution >= 0.6 is 0 Å². The molecular weight excluding hydrogens is 240 g/mol. The van der Waals surface area contributed by atoms with Crippen LogP contribution in [-0.4, -0.2) is 15.1 Å². The Hall–Kier alpha value is -2.10. The summed E-state index contributed by atoms with van der Waals surface area (Å²) >= 11 is 0. The molecule has 0 spiro atoms. The number of nitrogens with one attached hydrogen (secondary N) is 1. The average Bonchev–Trinajstić information content (AvgIpc) is 2.40. The Morgan fingerprint density at radius 3 is 2.37 bits per heavy atom. The molecule has 2 N–H and O–H groups in total. The van der Waals surface area contributed by atoms with Gasteiger partial charge in [-0.25, -0.2) is 0 Å². The molecule has 0 atom stereocenters. The lowest BCUT2D eigenvalue weighted by Crippen LogP contribution is -2.16. The number of benzene rings is 1. The van der Waals surface area contributed by atoms with Crippen molar-refractivity contribution in [2.45, 2.75) is 32.6 Å². The van der Waals surface area contributed by atoms with E-state index in [1.54, 1.807) is 12.1 Å².